The maximum atomic E-state index is 12.1. The highest BCUT2D eigenvalue weighted by atomic mass is 16.3. The summed E-state index contributed by atoms with van der Waals surface area (Å²) in [5.74, 6) is 0.0856. The predicted molar refractivity (Wildman–Crippen MR) is 71.7 cm³/mol. The lowest BCUT2D eigenvalue weighted by molar-refractivity contribution is 0.0935. The monoisotopic (exact) mass is 247 g/mol. The summed E-state index contributed by atoms with van der Waals surface area (Å²) in [6.45, 7) is 6.28. The molecule has 3 heteroatoms. The summed E-state index contributed by atoms with van der Waals surface area (Å²) in [4.78, 5) is 12.1. The molecule has 1 aromatic carbocycles. The van der Waals surface area contributed by atoms with E-state index in [-0.39, 0.29) is 17.7 Å². The molecule has 1 fully saturated rings. The van der Waals surface area contributed by atoms with Gasteiger partial charge in [0, 0.05) is 11.6 Å². The molecule has 1 aliphatic carbocycles. The van der Waals surface area contributed by atoms with Gasteiger partial charge in [-0.25, -0.2) is 0 Å². The molecule has 1 unspecified atom stereocenters. The van der Waals surface area contributed by atoms with Gasteiger partial charge >= 0.3 is 0 Å². The number of amides is 1. The van der Waals surface area contributed by atoms with E-state index in [1.165, 1.54) is 6.07 Å². The quantitative estimate of drug-likeness (QED) is 0.844. The van der Waals surface area contributed by atoms with Crippen LogP contribution in [0.3, 0.4) is 0 Å². The summed E-state index contributed by atoms with van der Waals surface area (Å²) < 4.78 is 0. The molecule has 0 heterocycles. The van der Waals surface area contributed by atoms with Crippen LogP contribution in [0, 0.1) is 12.3 Å². The molecule has 0 bridgehead atoms. The number of rotatable bonds is 2. The Morgan fingerprint density at radius 1 is 1.44 bits per heavy atom. The van der Waals surface area contributed by atoms with E-state index in [0.717, 1.165) is 24.8 Å². The first-order valence-corrected chi connectivity index (χ1v) is 6.48. The zero-order valence-corrected chi connectivity index (χ0v) is 11.3. The Balaban J connectivity index is 2.02. The van der Waals surface area contributed by atoms with Crippen LogP contribution in [0.1, 0.15) is 49.0 Å². The van der Waals surface area contributed by atoms with E-state index in [2.05, 4.69) is 19.2 Å². The Morgan fingerprint density at radius 3 is 2.72 bits per heavy atom. The first kappa shape index (κ1) is 12.9. The number of nitrogens with one attached hydrogen (secondary N) is 1. The molecule has 2 rings (SSSR count). The molecule has 0 saturated heterocycles. The van der Waals surface area contributed by atoms with E-state index in [1.54, 1.807) is 12.1 Å². The highest BCUT2D eigenvalue weighted by Crippen LogP contribution is 2.37. The smallest absolute Gasteiger partial charge is 0.251 e. The number of aromatic hydroxyl groups is 1. The average molecular weight is 247 g/mol. The van der Waals surface area contributed by atoms with Crippen LogP contribution in [-0.2, 0) is 0 Å². The zero-order chi connectivity index (χ0) is 13.3. The lowest BCUT2D eigenvalue weighted by Gasteiger charge is -2.18. The SMILES string of the molecule is Cc1ccc(C(=O)NC2CCC(C)(C)C2)cc1O. The summed E-state index contributed by atoms with van der Waals surface area (Å²) >= 11 is 0. The Kier molecular flexibility index (Phi) is 3.33. The van der Waals surface area contributed by atoms with Gasteiger partial charge in [0.05, 0.1) is 0 Å². The van der Waals surface area contributed by atoms with Crippen LogP contribution in [-0.4, -0.2) is 17.1 Å². The fourth-order valence-electron chi connectivity index (χ4n) is 2.58. The normalized spacial score (nSPS) is 21.8. The van der Waals surface area contributed by atoms with Crippen molar-refractivity contribution in [2.45, 2.75) is 46.1 Å². The first-order valence-electron chi connectivity index (χ1n) is 6.48. The van der Waals surface area contributed by atoms with Crippen molar-refractivity contribution < 1.29 is 9.90 Å². The molecule has 1 aromatic rings. The molecular weight excluding hydrogens is 226 g/mol. The Hall–Kier alpha value is -1.51. The summed E-state index contributed by atoms with van der Waals surface area (Å²) in [7, 11) is 0. The van der Waals surface area contributed by atoms with Crippen LogP contribution in [0.2, 0.25) is 0 Å². The fraction of sp³-hybridized carbons (Fsp3) is 0.533. The number of benzene rings is 1. The molecular formula is C15H21NO2. The van der Waals surface area contributed by atoms with Crippen LogP contribution in [0.4, 0.5) is 0 Å². The van der Waals surface area contributed by atoms with E-state index in [4.69, 9.17) is 0 Å². The van der Waals surface area contributed by atoms with Gasteiger partial charge in [0.25, 0.3) is 5.91 Å². The summed E-state index contributed by atoms with van der Waals surface area (Å²) in [5.41, 5.74) is 1.64. The van der Waals surface area contributed by atoms with E-state index < -0.39 is 0 Å². The fourth-order valence-corrected chi connectivity index (χ4v) is 2.58. The van der Waals surface area contributed by atoms with Gasteiger partial charge in [-0.2, -0.15) is 0 Å². The maximum absolute atomic E-state index is 12.1. The molecule has 18 heavy (non-hydrogen) atoms. The summed E-state index contributed by atoms with van der Waals surface area (Å²) in [6.07, 6.45) is 3.21. The standard InChI is InChI=1S/C15H21NO2/c1-10-4-5-11(8-13(10)17)14(18)16-12-6-7-15(2,3)9-12/h4-5,8,12,17H,6-7,9H2,1-3H3,(H,16,18). The molecule has 1 atom stereocenters. The third-order valence-electron chi connectivity index (χ3n) is 3.78. The van der Waals surface area contributed by atoms with Gasteiger partial charge in [-0.15, -0.1) is 0 Å². The summed E-state index contributed by atoms with van der Waals surface area (Å²) in [5, 5.41) is 12.7. The first-order chi connectivity index (χ1) is 8.37. The van der Waals surface area contributed by atoms with Gasteiger partial charge < -0.3 is 10.4 Å². The van der Waals surface area contributed by atoms with Crippen LogP contribution in [0.15, 0.2) is 18.2 Å². The molecule has 2 N–H and O–H groups in total. The third kappa shape index (κ3) is 2.84. The number of carbonyl (C=O) groups excluding carboxylic acids is 1. The van der Waals surface area contributed by atoms with Crippen molar-refractivity contribution in [1.82, 2.24) is 5.32 Å². The second-order valence-electron chi connectivity index (χ2n) is 6.08. The number of hydrogen-bond donors (Lipinski definition) is 2. The Labute approximate surface area is 108 Å². The number of phenols is 1. The topological polar surface area (TPSA) is 49.3 Å². The number of aryl methyl sites for hydroxylation is 1. The minimum atomic E-state index is -0.0898. The highest BCUT2D eigenvalue weighted by Gasteiger charge is 2.31. The minimum absolute atomic E-state index is 0.0898. The van der Waals surface area contributed by atoms with Gasteiger partial charge in [-0.1, -0.05) is 19.9 Å². The molecule has 1 aliphatic rings. The van der Waals surface area contributed by atoms with Crippen LogP contribution in [0.25, 0.3) is 0 Å². The van der Waals surface area contributed by atoms with Crippen molar-refractivity contribution in [3.8, 4) is 5.75 Å². The number of hydrogen-bond acceptors (Lipinski definition) is 2. The van der Waals surface area contributed by atoms with E-state index in [1.807, 2.05) is 6.92 Å². The van der Waals surface area contributed by atoms with Crippen LogP contribution in [0.5, 0.6) is 5.75 Å². The number of phenolic OH excluding ortho intramolecular Hbond substituents is 1. The molecule has 1 amide bonds. The molecule has 0 aromatic heterocycles. The Bertz CT molecular complexity index is 466. The van der Waals surface area contributed by atoms with E-state index >= 15 is 0 Å². The summed E-state index contributed by atoms with van der Waals surface area (Å²) in [6, 6.07) is 5.31. The maximum Gasteiger partial charge on any atom is 0.251 e. The molecule has 0 aliphatic heterocycles. The third-order valence-corrected chi connectivity index (χ3v) is 3.78. The van der Waals surface area contributed by atoms with Crippen LogP contribution < -0.4 is 5.32 Å². The van der Waals surface area contributed by atoms with Gasteiger partial charge in [0.15, 0.2) is 0 Å². The molecule has 0 spiro atoms. The van der Waals surface area contributed by atoms with Crippen molar-refractivity contribution in [1.29, 1.82) is 0 Å². The second-order valence-corrected chi connectivity index (χ2v) is 6.08. The molecule has 0 radical (unpaired) electrons. The van der Waals surface area contributed by atoms with Crippen LogP contribution >= 0.6 is 0 Å². The van der Waals surface area contributed by atoms with E-state index in [9.17, 15) is 9.90 Å². The van der Waals surface area contributed by atoms with Crippen molar-refractivity contribution in [3.63, 3.8) is 0 Å². The minimum Gasteiger partial charge on any atom is -0.508 e. The van der Waals surface area contributed by atoms with Gasteiger partial charge in [0.2, 0.25) is 0 Å². The molecule has 98 valence electrons. The average Bonchev–Trinajstić information content (AvgIpc) is 2.62. The number of carbonyl (C=O) groups is 1. The lowest BCUT2D eigenvalue weighted by Crippen LogP contribution is -2.33. The molecule has 1 saturated carbocycles. The highest BCUT2D eigenvalue weighted by molar-refractivity contribution is 5.94. The van der Waals surface area contributed by atoms with Crippen molar-refractivity contribution in [3.05, 3.63) is 29.3 Å². The van der Waals surface area contributed by atoms with Crippen molar-refractivity contribution in [2.75, 3.05) is 0 Å². The van der Waals surface area contributed by atoms with Gasteiger partial charge in [0.1, 0.15) is 5.75 Å². The largest absolute Gasteiger partial charge is 0.508 e. The van der Waals surface area contributed by atoms with Gasteiger partial charge in [-0.05, 0) is 49.3 Å². The molecule has 3 nitrogen and oxygen atoms in total. The zero-order valence-electron chi connectivity index (χ0n) is 11.3. The lowest BCUT2D eigenvalue weighted by atomic mass is 9.92. The van der Waals surface area contributed by atoms with Gasteiger partial charge in [-0.3, -0.25) is 4.79 Å². The van der Waals surface area contributed by atoms with Crippen molar-refractivity contribution in [2.24, 2.45) is 5.41 Å². The Morgan fingerprint density at radius 2 is 2.17 bits per heavy atom. The predicted octanol–water partition coefficient (Wildman–Crippen LogP) is 3.01. The second kappa shape index (κ2) is 4.63. The van der Waals surface area contributed by atoms with E-state index in [0.29, 0.717) is 11.0 Å². The van der Waals surface area contributed by atoms with Crippen molar-refractivity contribution >= 4 is 5.91 Å².